The largest absolute Gasteiger partial charge is 0.312 e. The van der Waals surface area contributed by atoms with Gasteiger partial charge in [0.1, 0.15) is 10.0 Å². The lowest BCUT2D eigenvalue weighted by atomic mass is 9.99. The van der Waals surface area contributed by atoms with Gasteiger partial charge in [0, 0.05) is 24.4 Å². The Hall–Kier alpha value is -0.480. The molecule has 0 aromatic carbocycles. The second-order valence-corrected chi connectivity index (χ2v) is 7.57. The van der Waals surface area contributed by atoms with Crippen molar-refractivity contribution in [1.29, 1.82) is 0 Å². The SMILES string of the molecule is CC1CCCC1c1nnc(CCNC(C)(C)C)s1. The molecule has 2 rings (SSSR count). The molecule has 1 aromatic rings. The van der Waals surface area contributed by atoms with Crippen LogP contribution < -0.4 is 5.32 Å². The Kier molecular flexibility index (Phi) is 4.38. The van der Waals surface area contributed by atoms with Crippen molar-refractivity contribution in [2.45, 2.75) is 64.8 Å². The Balaban J connectivity index is 1.86. The summed E-state index contributed by atoms with van der Waals surface area (Å²) in [5.74, 6) is 1.46. The monoisotopic (exact) mass is 267 g/mol. The molecule has 1 aromatic heterocycles. The van der Waals surface area contributed by atoms with E-state index in [0.717, 1.165) is 18.9 Å². The summed E-state index contributed by atoms with van der Waals surface area (Å²) < 4.78 is 0. The molecule has 102 valence electrons. The Labute approximate surface area is 114 Å². The van der Waals surface area contributed by atoms with Gasteiger partial charge in [0.15, 0.2) is 0 Å². The summed E-state index contributed by atoms with van der Waals surface area (Å²) >= 11 is 1.82. The lowest BCUT2D eigenvalue weighted by Gasteiger charge is -2.19. The van der Waals surface area contributed by atoms with E-state index in [1.165, 1.54) is 29.3 Å². The minimum Gasteiger partial charge on any atom is -0.312 e. The average molecular weight is 267 g/mol. The molecule has 1 aliphatic rings. The molecule has 1 saturated carbocycles. The molecule has 0 bridgehead atoms. The predicted octanol–water partition coefficient (Wildman–Crippen LogP) is 3.37. The Morgan fingerprint density at radius 3 is 2.67 bits per heavy atom. The first-order valence-corrected chi connectivity index (χ1v) is 7.84. The molecule has 3 nitrogen and oxygen atoms in total. The van der Waals surface area contributed by atoms with Gasteiger partial charge in [-0.1, -0.05) is 19.8 Å². The molecule has 1 heterocycles. The molecule has 0 amide bonds. The van der Waals surface area contributed by atoms with Crippen LogP contribution in [-0.2, 0) is 6.42 Å². The molecule has 0 spiro atoms. The highest BCUT2D eigenvalue weighted by atomic mass is 32.1. The fourth-order valence-corrected chi connectivity index (χ4v) is 3.68. The summed E-state index contributed by atoms with van der Waals surface area (Å²) in [4.78, 5) is 0. The zero-order valence-electron chi connectivity index (χ0n) is 12.0. The van der Waals surface area contributed by atoms with Gasteiger partial charge in [0.05, 0.1) is 0 Å². The highest BCUT2D eigenvalue weighted by Crippen LogP contribution is 2.40. The van der Waals surface area contributed by atoms with Gasteiger partial charge in [-0.25, -0.2) is 0 Å². The van der Waals surface area contributed by atoms with E-state index < -0.39 is 0 Å². The van der Waals surface area contributed by atoms with E-state index in [1.54, 1.807) is 0 Å². The summed E-state index contributed by atoms with van der Waals surface area (Å²) in [5.41, 5.74) is 0.188. The van der Waals surface area contributed by atoms with Gasteiger partial charge >= 0.3 is 0 Å². The van der Waals surface area contributed by atoms with Crippen molar-refractivity contribution in [2.24, 2.45) is 5.92 Å². The summed E-state index contributed by atoms with van der Waals surface area (Å²) in [6.07, 6.45) is 5.00. The van der Waals surface area contributed by atoms with Crippen LogP contribution in [0.4, 0.5) is 0 Å². The highest BCUT2D eigenvalue weighted by Gasteiger charge is 2.27. The van der Waals surface area contributed by atoms with Crippen molar-refractivity contribution in [1.82, 2.24) is 15.5 Å². The molecule has 0 radical (unpaired) electrons. The maximum absolute atomic E-state index is 4.40. The molecule has 0 saturated heterocycles. The van der Waals surface area contributed by atoms with Gasteiger partial charge in [-0.05, 0) is 33.1 Å². The molecule has 2 atom stereocenters. The van der Waals surface area contributed by atoms with Crippen LogP contribution in [0.2, 0.25) is 0 Å². The van der Waals surface area contributed by atoms with Crippen molar-refractivity contribution in [3.8, 4) is 0 Å². The van der Waals surface area contributed by atoms with Crippen LogP contribution in [0.5, 0.6) is 0 Å². The summed E-state index contributed by atoms with van der Waals surface area (Å²) in [5, 5.41) is 14.7. The Bertz CT molecular complexity index is 381. The summed E-state index contributed by atoms with van der Waals surface area (Å²) in [6.45, 7) is 9.91. The molecular formula is C14H25N3S. The van der Waals surface area contributed by atoms with Gasteiger partial charge < -0.3 is 5.32 Å². The molecule has 1 fully saturated rings. The third-order valence-electron chi connectivity index (χ3n) is 3.66. The number of hydrogen-bond donors (Lipinski definition) is 1. The number of rotatable bonds is 4. The van der Waals surface area contributed by atoms with Crippen LogP contribution in [0.1, 0.15) is 62.9 Å². The van der Waals surface area contributed by atoms with Gasteiger partial charge in [0.2, 0.25) is 0 Å². The number of aromatic nitrogens is 2. The van der Waals surface area contributed by atoms with Crippen molar-refractivity contribution in [2.75, 3.05) is 6.54 Å². The van der Waals surface area contributed by atoms with Crippen molar-refractivity contribution in [3.63, 3.8) is 0 Å². The van der Waals surface area contributed by atoms with Crippen LogP contribution in [0.3, 0.4) is 0 Å². The van der Waals surface area contributed by atoms with E-state index in [0.29, 0.717) is 5.92 Å². The Morgan fingerprint density at radius 1 is 1.28 bits per heavy atom. The average Bonchev–Trinajstić information content (AvgIpc) is 2.84. The van der Waals surface area contributed by atoms with E-state index in [2.05, 4.69) is 43.2 Å². The molecular weight excluding hydrogens is 242 g/mol. The lowest BCUT2D eigenvalue weighted by molar-refractivity contribution is 0.429. The van der Waals surface area contributed by atoms with E-state index in [9.17, 15) is 0 Å². The normalized spacial score (nSPS) is 24.7. The zero-order valence-corrected chi connectivity index (χ0v) is 12.8. The van der Waals surface area contributed by atoms with E-state index in [4.69, 9.17) is 0 Å². The number of nitrogens with zero attached hydrogens (tertiary/aromatic N) is 2. The molecule has 1 aliphatic carbocycles. The van der Waals surface area contributed by atoms with Crippen LogP contribution >= 0.6 is 11.3 Å². The summed E-state index contributed by atoms with van der Waals surface area (Å²) in [7, 11) is 0. The van der Waals surface area contributed by atoms with Crippen LogP contribution in [0.15, 0.2) is 0 Å². The molecule has 0 aliphatic heterocycles. The third-order valence-corrected chi connectivity index (χ3v) is 4.77. The van der Waals surface area contributed by atoms with Gasteiger partial charge in [-0.3, -0.25) is 0 Å². The first kappa shape index (κ1) is 13.9. The quantitative estimate of drug-likeness (QED) is 0.909. The van der Waals surface area contributed by atoms with Crippen molar-refractivity contribution in [3.05, 3.63) is 10.0 Å². The van der Waals surface area contributed by atoms with Crippen molar-refractivity contribution < 1.29 is 0 Å². The predicted molar refractivity (Wildman–Crippen MR) is 77.1 cm³/mol. The van der Waals surface area contributed by atoms with Gasteiger partial charge in [0.25, 0.3) is 0 Å². The number of nitrogens with one attached hydrogen (secondary N) is 1. The van der Waals surface area contributed by atoms with Crippen molar-refractivity contribution >= 4 is 11.3 Å². The Morgan fingerprint density at radius 2 is 2.06 bits per heavy atom. The minimum absolute atomic E-state index is 0.188. The maximum atomic E-state index is 4.40. The van der Waals surface area contributed by atoms with Gasteiger partial charge in [-0.15, -0.1) is 21.5 Å². The minimum atomic E-state index is 0.188. The zero-order chi connectivity index (χ0) is 13.2. The second kappa shape index (κ2) is 5.66. The van der Waals surface area contributed by atoms with E-state index in [-0.39, 0.29) is 5.54 Å². The fraction of sp³-hybridized carbons (Fsp3) is 0.857. The fourth-order valence-electron chi connectivity index (χ4n) is 2.57. The van der Waals surface area contributed by atoms with E-state index in [1.807, 2.05) is 11.3 Å². The third kappa shape index (κ3) is 3.75. The molecule has 18 heavy (non-hydrogen) atoms. The molecule has 4 heteroatoms. The second-order valence-electron chi connectivity index (χ2n) is 6.48. The first-order chi connectivity index (χ1) is 8.46. The lowest BCUT2D eigenvalue weighted by Crippen LogP contribution is -2.37. The smallest absolute Gasteiger partial charge is 0.120 e. The standard InChI is InChI=1S/C14H25N3S/c1-10-6-5-7-11(10)13-17-16-12(18-13)8-9-15-14(2,3)4/h10-11,15H,5-9H2,1-4H3. The first-order valence-electron chi connectivity index (χ1n) is 7.03. The van der Waals surface area contributed by atoms with Crippen LogP contribution in [-0.4, -0.2) is 22.3 Å². The van der Waals surface area contributed by atoms with Gasteiger partial charge in [-0.2, -0.15) is 0 Å². The van der Waals surface area contributed by atoms with Crippen LogP contribution in [0, 0.1) is 5.92 Å². The topological polar surface area (TPSA) is 37.8 Å². The van der Waals surface area contributed by atoms with Crippen LogP contribution in [0.25, 0.3) is 0 Å². The summed E-state index contributed by atoms with van der Waals surface area (Å²) in [6, 6.07) is 0. The molecule has 1 N–H and O–H groups in total. The maximum Gasteiger partial charge on any atom is 0.120 e. The highest BCUT2D eigenvalue weighted by molar-refractivity contribution is 7.11. The van der Waals surface area contributed by atoms with E-state index >= 15 is 0 Å². The molecule has 2 unspecified atom stereocenters. The number of hydrogen-bond acceptors (Lipinski definition) is 4.